The zero-order chi connectivity index (χ0) is 10.3. The molecule has 1 atom stereocenters. The van der Waals surface area contributed by atoms with Crippen LogP contribution in [0, 0.1) is 0 Å². The van der Waals surface area contributed by atoms with E-state index < -0.39 is 0 Å². The van der Waals surface area contributed by atoms with Crippen LogP contribution in [0.3, 0.4) is 0 Å². The fourth-order valence-electron chi connectivity index (χ4n) is 1.88. The Hall–Kier alpha value is -0.840. The minimum Gasteiger partial charge on any atom is -0.368 e. The first-order chi connectivity index (χ1) is 7.33. The van der Waals surface area contributed by atoms with Gasteiger partial charge in [0.2, 0.25) is 5.95 Å². The molecule has 80 valence electrons. The Labute approximate surface area is 93.1 Å². The van der Waals surface area contributed by atoms with Gasteiger partial charge in [-0.25, -0.2) is 4.98 Å². The van der Waals surface area contributed by atoms with Gasteiger partial charge in [0.05, 0.1) is 5.25 Å². The van der Waals surface area contributed by atoms with E-state index in [1.165, 1.54) is 31.4 Å². The standard InChI is InChI=1S/C10H14N4S/c11-10-13-8(6-3-4-6)12-9(14-10)7-2-1-5-15-7/h6-7H,1-5H2,(H2,11,12,13,14). The Kier molecular flexibility index (Phi) is 2.27. The largest absolute Gasteiger partial charge is 0.368 e. The second-order valence-corrected chi connectivity index (χ2v) is 5.50. The van der Waals surface area contributed by atoms with Crippen LogP contribution in [-0.2, 0) is 0 Å². The molecule has 0 amide bonds. The van der Waals surface area contributed by atoms with Gasteiger partial charge in [-0.05, 0) is 31.4 Å². The van der Waals surface area contributed by atoms with Crippen LogP contribution < -0.4 is 5.73 Å². The van der Waals surface area contributed by atoms with Gasteiger partial charge in [0.1, 0.15) is 11.6 Å². The fourth-order valence-corrected chi connectivity index (χ4v) is 3.08. The highest BCUT2D eigenvalue weighted by Gasteiger charge is 2.29. The van der Waals surface area contributed by atoms with Gasteiger partial charge in [-0.15, -0.1) is 0 Å². The van der Waals surface area contributed by atoms with E-state index in [1.54, 1.807) is 0 Å². The van der Waals surface area contributed by atoms with Crippen LogP contribution in [0.1, 0.15) is 48.5 Å². The SMILES string of the molecule is Nc1nc(C2CC2)nc(C2CCCS2)n1. The predicted octanol–water partition coefficient (Wildman–Crippen LogP) is 1.90. The van der Waals surface area contributed by atoms with E-state index >= 15 is 0 Å². The van der Waals surface area contributed by atoms with Gasteiger partial charge in [0.15, 0.2) is 0 Å². The van der Waals surface area contributed by atoms with Crippen LogP contribution in [0.15, 0.2) is 0 Å². The molecule has 1 saturated carbocycles. The monoisotopic (exact) mass is 222 g/mol. The molecule has 1 aliphatic heterocycles. The third kappa shape index (κ3) is 1.93. The number of aromatic nitrogens is 3. The van der Waals surface area contributed by atoms with E-state index in [1.807, 2.05) is 11.8 Å². The van der Waals surface area contributed by atoms with Crippen molar-refractivity contribution in [3.8, 4) is 0 Å². The van der Waals surface area contributed by atoms with Crippen molar-refractivity contribution in [3.63, 3.8) is 0 Å². The first-order valence-electron chi connectivity index (χ1n) is 5.46. The third-order valence-electron chi connectivity index (χ3n) is 2.85. The summed E-state index contributed by atoms with van der Waals surface area (Å²) in [6.45, 7) is 0. The van der Waals surface area contributed by atoms with E-state index in [0.29, 0.717) is 17.1 Å². The van der Waals surface area contributed by atoms with Crippen LogP contribution in [-0.4, -0.2) is 20.7 Å². The fraction of sp³-hybridized carbons (Fsp3) is 0.700. The Balaban J connectivity index is 1.91. The van der Waals surface area contributed by atoms with Crippen LogP contribution in [0.4, 0.5) is 5.95 Å². The first-order valence-corrected chi connectivity index (χ1v) is 6.51. The molecule has 3 rings (SSSR count). The molecule has 2 fully saturated rings. The summed E-state index contributed by atoms with van der Waals surface area (Å²) < 4.78 is 0. The minimum atomic E-state index is 0.398. The molecule has 0 aromatic carbocycles. The lowest BCUT2D eigenvalue weighted by molar-refractivity contribution is 0.747. The lowest BCUT2D eigenvalue weighted by Gasteiger charge is -2.08. The summed E-state index contributed by atoms with van der Waals surface area (Å²) in [5.41, 5.74) is 5.72. The number of nitrogens with two attached hydrogens (primary N) is 1. The second kappa shape index (κ2) is 3.63. The molecular weight excluding hydrogens is 208 g/mol. The highest BCUT2D eigenvalue weighted by Crippen LogP contribution is 2.41. The van der Waals surface area contributed by atoms with Crippen molar-refractivity contribution in [1.82, 2.24) is 15.0 Å². The van der Waals surface area contributed by atoms with Gasteiger partial charge in [0.25, 0.3) is 0 Å². The summed E-state index contributed by atoms with van der Waals surface area (Å²) in [7, 11) is 0. The second-order valence-electron chi connectivity index (χ2n) is 4.19. The van der Waals surface area contributed by atoms with Crippen LogP contribution in [0.2, 0.25) is 0 Å². The van der Waals surface area contributed by atoms with Crippen molar-refractivity contribution >= 4 is 17.7 Å². The van der Waals surface area contributed by atoms with Crippen LogP contribution in [0.25, 0.3) is 0 Å². The number of anilines is 1. The number of thioether (sulfide) groups is 1. The molecule has 0 bridgehead atoms. The van der Waals surface area contributed by atoms with Gasteiger partial charge < -0.3 is 5.73 Å². The maximum atomic E-state index is 5.72. The smallest absolute Gasteiger partial charge is 0.223 e. The van der Waals surface area contributed by atoms with Gasteiger partial charge in [-0.1, -0.05) is 0 Å². The first kappa shape index (κ1) is 9.39. The number of rotatable bonds is 2. The molecule has 2 heterocycles. The van der Waals surface area contributed by atoms with Gasteiger partial charge in [-0.3, -0.25) is 0 Å². The summed E-state index contributed by atoms with van der Waals surface area (Å²) in [6.07, 6.45) is 4.86. The quantitative estimate of drug-likeness (QED) is 0.828. The zero-order valence-corrected chi connectivity index (χ0v) is 9.33. The molecule has 2 aliphatic rings. The summed E-state index contributed by atoms with van der Waals surface area (Å²) in [6, 6.07) is 0. The van der Waals surface area contributed by atoms with E-state index in [4.69, 9.17) is 5.73 Å². The lowest BCUT2D eigenvalue weighted by Crippen LogP contribution is -2.08. The third-order valence-corrected chi connectivity index (χ3v) is 4.22. The van der Waals surface area contributed by atoms with Gasteiger partial charge in [-0.2, -0.15) is 21.7 Å². The number of nitrogens with zero attached hydrogens (tertiary/aromatic N) is 3. The Morgan fingerprint density at radius 2 is 1.87 bits per heavy atom. The molecule has 0 spiro atoms. The van der Waals surface area contributed by atoms with Crippen molar-refractivity contribution in [1.29, 1.82) is 0 Å². The summed E-state index contributed by atoms with van der Waals surface area (Å²) >= 11 is 1.94. The van der Waals surface area contributed by atoms with Crippen molar-refractivity contribution in [3.05, 3.63) is 11.6 Å². The Bertz CT molecular complexity index is 372. The predicted molar refractivity (Wildman–Crippen MR) is 60.6 cm³/mol. The summed E-state index contributed by atoms with van der Waals surface area (Å²) in [5.74, 6) is 4.00. The highest BCUT2D eigenvalue weighted by molar-refractivity contribution is 7.99. The zero-order valence-electron chi connectivity index (χ0n) is 8.52. The molecule has 1 aliphatic carbocycles. The molecule has 0 radical (unpaired) electrons. The number of hydrogen-bond acceptors (Lipinski definition) is 5. The van der Waals surface area contributed by atoms with Crippen molar-refractivity contribution in [2.45, 2.75) is 36.9 Å². The minimum absolute atomic E-state index is 0.398. The van der Waals surface area contributed by atoms with Crippen molar-refractivity contribution in [2.75, 3.05) is 11.5 Å². The Morgan fingerprint density at radius 3 is 2.53 bits per heavy atom. The molecule has 5 heteroatoms. The molecule has 1 aromatic heterocycles. The molecular formula is C10H14N4S. The summed E-state index contributed by atoms with van der Waals surface area (Å²) in [5, 5.41) is 0.452. The normalized spacial score (nSPS) is 25.7. The van der Waals surface area contributed by atoms with Crippen LogP contribution in [0.5, 0.6) is 0 Å². The lowest BCUT2D eigenvalue weighted by atomic mass is 10.2. The maximum Gasteiger partial charge on any atom is 0.223 e. The average Bonchev–Trinajstić information content (AvgIpc) is 2.93. The average molecular weight is 222 g/mol. The highest BCUT2D eigenvalue weighted by atomic mass is 32.2. The van der Waals surface area contributed by atoms with Gasteiger partial charge >= 0.3 is 0 Å². The topological polar surface area (TPSA) is 64.7 Å². The van der Waals surface area contributed by atoms with E-state index in [9.17, 15) is 0 Å². The molecule has 1 unspecified atom stereocenters. The summed E-state index contributed by atoms with van der Waals surface area (Å²) in [4.78, 5) is 13.0. The van der Waals surface area contributed by atoms with Crippen molar-refractivity contribution in [2.24, 2.45) is 0 Å². The van der Waals surface area contributed by atoms with Crippen LogP contribution >= 0.6 is 11.8 Å². The Morgan fingerprint density at radius 1 is 1.07 bits per heavy atom. The molecule has 2 N–H and O–H groups in total. The molecule has 4 nitrogen and oxygen atoms in total. The van der Waals surface area contributed by atoms with E-state index in [2.05, 4.69) is 15.0 Å². The van der Waals surface area contributed by atoms with Gasteiger partial charge in [0, 0.05) is 5.92 Å². The number of hydrogen-bond donors (Lipinski definition) is 1. The molecule has 15 heavy (non-hydrogen) atoms. The molecule has 1 saturated heterocycles. The number of nitrogen functional groups attached to an aromatic ring is 1. The van der Waals surface area contributed by atoms with Crippen molar-refractivity contribution < 1.29 is 0 Å². The van der Waals surface area contributed by atoms with E-state index in [0.717, 1.165) is 11.6 Å². The van der Waals surface area contributed by atoms with E-state index in [-0.39, 0.29) is 0 Å². The molecule has 1 aromatic rings. The maximum absolute atomic E-state index is 5.72.